The van der Waals surface area contributed by atoms with E-state index in [-0.39, 0.29) is 11.6 Å². The van der Waals surface area contributed by atoms with Crippen LogP contribution in [0.2, 0.25) is 0 Å². The molecule has 2 aromatic carbocycles. The van der Waals surface area contributed by atoms with Gasteiger partial charge in [-0.1, -0.05) is 6.42 Å². The Hall–Kier alpha value is -2.41. The molecule has 1 atom stereocenters. The van der Waals surface area contributed by atoms with Gasteiger partial charge in [0.1, 0.15) is 11.6 Å². The number of benzene rings is 2. The Bertz CT molecular complexity index is 834. The molecule has 0 bridgehead atoms. The number of carbonyl (C=O) groups excluding carboxylic acids is 1. The summed E-state index contributed by atoms with van der Waals surface area (Å²) in [6.45, 7) is 2.20. The topological polar surface area (TPSA) is 29.5 Å². The molecule has 0 aromatic heterocycles. The Kier molecular flexibility index (Phi) is 8.07. The smallest absolute Gasteiger partial charge is 0.416 e. The van der Waals surface area contributed by atoms with Crippen molar-refractivity contribution in [3.05, 3.63) is 65.5 Å². The molecule has 0 spiro atoms. The van der Waals surface area contributed by atoms with Crippen LogP contribution in [0, 0.1) is 5.82 Å². The van der Waals surface area contributed by atoms with Crippen molar-refractivity contribution in [3.8, 4) is 5.75 Å². The molecule has 1 saturated heterocycles. The summed E-state index contributed by atoms with van der Waals surface area (Å²) in [5.74, 6) is 0.0886. The van der Waals surface area contributed by atoms with Crippen molar-refractivity contribution in [2.75, 3.05) is 19.7 Å². The summed E-state index contributed by atoms with van der Waals surface area (Å²) < 4.78 is 56.6. The van der Waals surface area contributed by atoms with Gasteiger partial charge in [-0.05, 0) is 87.3 Å². The van der Waals surface area contributed by atoms with E-state index in [2.05, 4.69) is 4.90 Å². The van der Waals surface area contributed by atoms with Gasteiger partial charge >= 0.3 is 6.18 Å². The van der Waals surface area contributed by atoms with Gasteiger partial charge < -0.3 is 9.64 Å². The van der Waals surface area contributed by atoms with Crippen molar-refractivity contribution in [2.24, 2.45) is 0 Å². The summed E-state index contributed by atoms with van der Waals surface area (Å²) in [4.78, 5) is 14.6. The number of hydrogen-bond acceptors (Lipinski definition) is 3. The van der Waals surface area contributed by atoms with Crippen LogP contribution < -0.4 is 4.74 Å². The van der Waals surface area contributed by atoms with E-state index in [9.17, 15) is 22.4 Å². The predicted octanol–water partition coefficient (Wildman–Crippen LogP) is 6.13. The summed E-state index contributed by atoms with van der Waals surface area (Å²) >= 11 is 0. The molecule has 168 valence electrons. The number of halogens is 4. The average Bonchev–Trinajstić information content (AvgIpc) is 2.75. The number of nitrogens with zero attached hydrogens (tertiary/aromatic N) is 1. The van der Waals surface area contributed by atoms with Crippen molar-refractivity contribution < 1.29 is 27.1 Å². The van der Waals surface area contributed by atoms with Crippen LogP contribution in [0.25, 0.3) is 0 Å². The molecule has 3 nitrogen and oxygen atoms in total. The van der Waals surface area contributed by atoms with Gasteiger partial charge in [-0.15, -0.1) is 0 Å². The molecule has 3 rings (SSSR count). The second kappa shape index (κ2) is 10.8. The zero-order chi connectivity index (χ0) is 22.3. The van der Waals surface area contributed by atoms with Gasteiger partial charge in [-0.25, -0.2) is 4.39 Å². The van der Waals surface area contributed by atoms with Gasteiger partial charge in [0.25, 0.3) is 0 Å². The lowest BCUT2D eigenvalue weighted by molar-refractivity contribution is -0.137. The quantitative estimate of drug-likeness (QED) is 0.349. The highest BCUT2D eigenvalue weighted by molar-refractivity contribution is 5.95. The predicted molar refractivity (Wildman–Crippen MR) is 111 cm³/mol. The maximum atomic E-state index is 13.0. The van der Waals surface area contributed by atoms with Crippen LogP contribution in [0.3, 0.4) is 0 Å². The van der Waals surface area contributed by atoms with Crippen molar-refractivity contribution in [2.45, 2.75) is 50.7 Å². The van der Waals surface area contributed by atoms with E-state index < -0.39 is 11.7 Å². The third kappa shape index (κ3) is 7.06. The first-order valence-electron chi connectivity index (χ1n) is 10.7. The summed E-state index contributed by atoms with van der Waals surface area (Å²) in [5.41, 5.74) is -0.157. The molecule has 0 saturated carbocycles. The Morgan fingerprint density at radius 1 is 1.03 bits per heavy atom. The molecule has 0 N–H and O–H groups in total. The Labute approximate surface area is 180 Å². The lowest BCUT2D eigenvalue weighted by atomic mass is 9.98. The SMILES string of the molecule is O=C(CCCN1CCCCC1CCOc1ccc(C(F)(F)F)cc1)c1ccc(F)cc1. The first-order chi connectivity index (χ1) is 14.8. The molecule has 1 aliphatic heterocycles. The van der Waals surface area contributed by atoms with Gasteiger partial charge in [-0.2, -0.15) is 13.2 Å². The molecule has 1 aliphatic rings. The van der Waals surface area contributed by atoms with Crippen LogP contribution in [-0.4, -0.2) is 36.4 Å². The standard InChI is InChI=1S/C24H27F4NO2/c25-20-10-6-18(7-11-20)23(30)5-3-16-29-15-2-1-4-21(29)14-17-31-22-12-8-19(9-13-22)24(26,27)28/h6-13,21H,1-5,14-17H2. The minimum Gasteiger partial charge on any atom is -0.494 e. The third-order valence-corrected chi connectivity index (χ3v) is 5.67. The van der Waals surface area contributed by atoms with E-state index >= 15 is 0 Å². The number of carbonyl (C=O) groups is 1. The van der Waals surface area contributed by atoms with Crippen LogP contribution in [0.4, 0.5) is 17.6 Å². The van der Waals surface area contributed by atoms with Crippen LogP contribution >= 0.6 is 0 Å². The fourth-order valence-corrected chi connectivity index (χ4v) is 3.96. The normalized spacial score (nSPS) is 17.5. The summed E-state index contributed by atoms with van der Waals surface area (Å²) in [5, 5.41) is 0. The molecule has 0 radical (unpaired) electrons. The van der Waals surface area contributed by atoms with Gasteiger partial charge in [0, 0.05) is 18.0 Å². The summed E-state index contributed by atoms with van der Waals surface area (Å²) in [6, 6.07) is 10.7. The molecule has 1 heterocycles. The number of piperidine rings is 1. The fraction of sp³-hybridized carbons (Fsp3) is 0.458. The van der Waals surface area contributed by atoms with E-state index in [1.807, 2.05) is 0 Å². The van der Waals surface area contributed by atoms with Crippen LogP contribution in [0.15, 0.2) is 48.5 Å². The maximum absolute atomic E-state index is 13.0. The monoisotopic (exact) mass is 437 g/mol. The first-order valence-corrected chi connectivity index (χ1v) is 10.7. The van der Waals surface area contributed by atoms with Crippen molar-refractivity contribution >= 4 is 5.78 Å². The molecule has 7 heteroatoms. The van der Waals surface area contributed by atoms with Gasteiger partial charge in [-0.3, -0.25) is 4.79 Å². The second-order valence-corrected chi connectivity index (χ2v) is 7.88. The second-order valence-electron chi connectivity index (χ2n) is 7.88. The van der Waals surface area contributed by atoms with Crippen LogP contribution in [-0.2, 0) is 6.18 Å². The minimum atomic E-state index is -4.35. The van der Waals surface area contributed by atoms with E-state index in [0.717, 1.165) is 57.3 Å². The molecular formula is C24H27F4NO2. The number of ether oxygens (including phenoxy) is 1. The number of alkyl halides is 3. The van der Waals surface area contributed by atoms with Crippen molar-refractivity contribution in [1.82, 2.24) is 4.90 Å². The average molecular weight is 437 g/mol. The molecule has 0 aliphatic carbocycles. The summed E-state index contributed by atoms with van der Waals surface area (Å²) in [7, 11) is 0. The number of ketones is 1. The number of rotatable bonds is 9. The van der Waals surface area contributed by atoms with Crippen molar-refractivity contribution in [3.63, 3.8) is 0 Å². The molecule has 1 unspecified atom stereocenters. The van der Waals surface area contributed by atoms with Gasteiger partial charge in [0.05, 0.1) is 12.2 Å². The number of Topliss-reactive ketones (excluding diaryl/α,β-unsaturated/α-hetero) is 1. The highest BCUT2D eigenvalue weighted by atomic mass is 19.4. The Morgan fingerprint density at radius 3 is 2.42 bits per heavy atom. The molecule has 2 aromatic rings. The largest absolute Gasteiger partial charge is 0.494 e. The van der Waals surface area contributed by atoms with E-state index in [0.29, 0.717) is 30.4 Å². The lowest BCUT2D eigenvalue weighted by Gasteiger charge is -2.35. The highest BCUT2D eigenvalue weighted by Crippen LogP contribution is 2.30. The highest BCUT2D eigenvalue weighted by Gasteiger charge is 2.30. The van der Waals surface area contributed by atoms with Gasteiger partial charge in [0.2, 0.25) is 0 Å². The zero-order valence-corrected chi connectivity index (χ0v) is 17.3. The molecule has 1 fully saturated rings. The van der Waals surface area contributed by atoms with Crippen LogP contribution in [0.1, 0.15) is 54.4 Å². The van der Waals surface area contributed by atoms with E-state index in [1.54, 1.807) is 0 Å². The summed E-state index contributed by atoms with van der Waals surface area (Å²) in [6.07, 6.45) is 0.871. The third-order valence-electron chi connectivity index (χ3n) is 5.67. The lowest BCUT2D eigenvalue weighted by Crippen LogP contribution is -2.41. The van der Waals surface area contributed by atoms with E-state index in [1.165, 1.54) is 36.4 Å². The molecule has 0 amide bonds. The van der Waals surface area contributed by atoms with Crippen LogP contribution in [0.5, 0.6) is 5.75 Å². The Balaban J connectivity index is 1.42. The number of likely N-dealkylation sites (tertiary alicyclic amines) is 1. The molecular weight excluding hydrogens is 410 g/mol. The van der Waals surface area contributed by atoms with Gasteiger partial charge in [0.15, 0.2) is 5.78 Å². The van der Waals surface area contributed by atoms with E-state index in [4.69, 9.17) is 4.74 Å². The number of hydrogen-bond donors (Lipinski definition) is 0. The molecule has 31 heavy (non-hydrogen) atoms. The maximum Gasteiger partial charge on any atom is 0.416 e. The fourth-order valence-electron chi connectivity index (χ4n) is 3.96. The first kappa shape index (κ1) is 23.3. The zero-order valence-electron chi connectivity index (χ0n) is 17.3. The van der Waals surface area contributed by atoms with Crippen molar-refractivity contribution in [1.29, 1.82) is 0 Å². The Morgan fingerprint density at radius 2 is 1.74 bits per heavy atom. The minimum absolute atomic E-state index is 0.0131.